The van der Waals surface area contributed by atoms with Gasteiger partial charge in [-0.2, -0.15) is 0 Å². The van der Waals surface area contributed by atoms with Gasteiger partial charge in [-0.05, 0) is 0 Å². The van der Waals surface area contributed by atoms with Gasteiger partial charge >= 0.3 is 0 Å². The molecule has 0 unspecified atom stereocenters. The minimum atomic E-state index is -0.531. The lowest BCUT2D eigenvalue weighted by molar-refractivity contribution is -0.214. The van der Waals surface area contributed by atoms with Crippen LogP contribution in [0.1, 0.15) is 0 Å². The van der Waals surface area contributed by atoms with E-state index in [2.05, 4.69) is 0 Å². The second-order valence-corrected chi connectivity index (χ2v) is 3.21. The Morgan fingerprint density at radius 1 is 0.875 bits per heavy atom. The summed E-state index contributed by atoms with van der Waals surface area (Å²) >= 11 is 0. The van der Waals surface area contributed by atoms with Crippen LogP contribution in [0.15, 0.2) is 0 Å². The molecule has 0 bridgehead atoms. The third kappa shape index (κ3) is 5.74. The summed E-state index contributed by atoms with van der Waals surface area (Å²) in [5.41, 5.74) is 0. The smallest absolute Gasteiger partial charge is 0.181 e. The molecule has 16 heavy (non-hydrogen) atoms. The Morgan fingerprint density at radius 2 is 1.50 bits per heavy atom. The van der Waals surface area contributed by atoms with Crippen molar-refractivity contribution in [3.05, 3.63) is 0 Å². The van der Waals surface area contributed by atoms with Crippen LogP contribution >= 0.6 is 0 Å². The number of aliphatic hydroxyl groups excluding tert-OH is 1. The highest BCUT2D eigenvalue weighted by Crippen LogP contribution is 2.08. The normalized spacial score (nSPS) is 17.1. The summed E-state index contributed by atoms with van der Waals surface area (Å²) < 4.78 is 25.6. The molecule has 6 nitrogen and oxygen atoms in total. The summed E-state index contributed by atoms with van der Waals surface area (Å²) in [5, 5.41) is 9.21. The van der Waals surface area contributed by atoms with Gasteiger partial charge in [0.15, 0.2) is 6.29 Å². The first-order chi connectivity index (χ1) is 7.73. The van der Waals surface area contributed by atoms with E-state index in [1.807, 2.05) is 0 Å². The molecule has 0 aliphatic heterocycles. The van der Waals surface area contributed by atoms with Crippen LogP contribution < -0.4 is 0 Å². The highest BCUT2D eigenvalue weighted by atomic mass is 16.7. The van der Waals surface area contributed by atoms with Gasteiger partial charge in [-0.25, -0.2) is 0 Å². The zero-order valence-electron chi connectivity index (χ0n) is 10.3. The molecule has 0 radical (unpaired) electrons. The van der Waals surface area contributed by atoms with Crippen molar-refractivity contribution in [3.63, 3.8) is 0 Å². The zero-order valence-corrected chi connectivity index (χ0v) is 10.3. The highest BCUT2D eigenvalue weighted by Gasteiger charge is 2.25. The lowest BCUT2D eigenvalue weighted by Gasteiger charge is -2.27. The zero-order chi connectivity index (χ0) is 12.4. The summed E-state index contributed by atoms with van der Waals surface area (Å²) in [6.45, 7) is 0.451. The van der Waals surface area contributed by atoms with Crippen molar-refractivity contribution >= 4 is 0 Å². The molecule has 0 heterocycles. The van der Waals surface area contributed by atoms with Crippen LogP contribution in [-0.2, 0) is 23.7 Å². The van der Waals surface area contributed by atoms with Crippen LogP contribution in [0.25, 0.3) is 0 Å². The highest BCUT2D eigenvalue weighted by molar-refractivity contribution is 4.70. The van der Waals surface area contributed by atoms with Gasteiger partial charge in [0, 0.05) is 28.4 Å². The monoisotopic (exact) mass is 238 g/mol. The minimum absolute atomic E-state index is 0.175. The largest absolute Gasteiger partial charge is 0.394 e. The minimum Gasteiger partial charge on any atom is -0.394 e. The molecule has 0 saturated carbocycles. The van der Waals surface area contributed by atoms with Crippen molar-refractivity contribution in [1.82, 2.24) is 0 Å². The fourth-order valence-corrected chi connectivity index (χ4v) is 1.23. The quantitative estimate of drug-likeness (QED) is 0.524. The molecule has 3 atom stereocenters. The van der Waals surface area contributed by atoms with E-state index in [-0.39, 0.29) is 19.3 Å². The third-order valence-electron chi connectivity index (χ3n) is 2.12. The maximum absolute atomic E-state index is 9.21. The van der Waals surface area contributed by atoms with E-state index in [0.29, 0.717) is 6.61 Å². The average molecular weight is 238 g/mol. The van der Waals surface area contributed by atoms with Gasteiger partial charge in [0.05, 0.1) is 19.8 Å². The van der Waals surface area contributed by atoms with Crippen molar-refractivity contribution in [2.24, 2.45) is 0 Å². The van der Waals surface area contributed by atoms with Gasteiger partial charge in [-0.15, -0.1) is 0 Å². The summed E-state index contributed by atoms with van der Waals surface area (Å²) in [5.74, 6) is 0. The first kappa shape index (κ1) is 15.8. The SMILES string of the molecule is COC[C@@H](OC)O[C@H](CO)[C@@H](COC)OC. The van der Waals surface area contributed by atoms with Crippen molar-refractivity contribution in [1.29, 1.82) is 0 Å². The Labute approximate surface area is 96.4 Å². The van der Waals surface area contributed by atoms with E-state index in [1.165, 1.54) is 14.2 Å². The van der Waals surface area contributed by atoms with E-state index in [0.717, 1.165) is 0 Å². The first-order valence-corrected chi connectivity index (χ1v) is 5.03. The summed E-state index contributed by atoms with van der Waals surface area (Å²) in [4.78, 5) is 0. The maximum Gasteiger partial charge on any atom is 0.181 e. The fraction of sp³-hybridized carbons (Fsp3) is 1.00. The molecule has 0 aromatic carbocycles. The molecule has 0 saturated heterocycles. The van der Waals surface area contributed by atoms with Crippen molar-refractivity contribution < 1.29 is 28.8 Å². The van der Waals surface area contributed by atoms with Crippen molar-refractivity contribution in [2.75, 3.05) is 48.3 Å². The van der Waals surface area contributed by atoms with Gasteiger partial charge in [-0.3, -0.25) is 0 Å². The number of hydrogen-bond donors (Lipinski definition) is 1. The maximum atomic E-state index is 9.21. The molecule has 0 rings (SSSR count). The molecular weight excluding hydrogens is 216 g/mol. The van der Waals surface area contributed by atoms with Gasteiger partial charge in [0.1, 0.15) is 12.2 Å². The average Bonchev–Trinajstić information content (AvgIpc) is 2.32. The molecule has 0 aromatic rings. The molecular formula is C10H22O6. The van der Waals surface area contributed by atoms with Crippen molar-refractivity contribution in [3.8, 4) is 0 Å². The van der Waals surface area contributed by atoms with Crippen LogP contribution in [0.4, 0.5) is 0 Å². The van der Waals surface area contributed by atoms with Gasteiger partial charge in [0.25, 0.3) is 0 Å². The van der Waals surface area contributed by atoms with Gasteiger partial charge < -0.3 is 28.8 Å². The number of rotatable bonds is 10. The molecule has 0 spiro atoms. The molecule has 1 N–H and O–H groups in total. The van der Waals surface area contributed by atoms with Gasteiger partial charge in [0.2, 0.25) is 0 Å². The topological polar surface area (TPSA) is 66.4 Å². The molecule has 98 valence electrons. The van der Waals surface area contributed by atoms with E-state index < -0.39 is 12.4 Å². The van der Waals surface area contributed by atoms with E-state index in [9.17, 15) is 5.11 Å². The molecule has 6 heteroatoms. The Hall–Kier alpha value is -0.240. The summed E-state index contributed by atoms with van der Waals surface area (Å²) in [7, 11) is 6.15. The van der Waals surface area contributed by atoms with E-state index >= 15 is 0 Å². The Kier molecular flexibility index (Phi) is 9.80. The Balaban J connectivity index is 4.22. The van der Waals surface area contributed by atoms with Crippen LogP contribution in [0.3, 0.4) is 0 Å². The van der Waals surface area contributed by atoms with Gasteiger partial charge in [-0.1, -0.05) is 0 Å². The standard InChI is InChI=1S/C10H22O6/c1-12-6-9(14-3)8(5-11)16-10(15-4)7-13-2/h8-11H,5-7H2,1-4H3/t8-,9-,10+/m1/s1. The van der Waals surface area contributed by atoms with Crippen LogP contribution in [0.5, 0.6) is 0 Å². The van der Waals surface area contributed by atoms with Crippen LogP contribution in [0, 0.1) is 0 Å². The second-order valence-electron chi connectivity index (χ2n) is 3.21. The number of ether oxygens (including phenoxy) is 5. The molecule has 0 amide bonds. The molecule has 0 aliphatic carbocycles. The van der Waals surface area contributed by atoms with Crippen LogP contribution in [0.2, 0.25) is 0 Å². The third-order valence-corrected chi connectivity index (χ3v) is 2.12. The Morgan fingerprint density at radius 3 is 1.88 bits per heavy atom. The summed E-state index contributed by atoms with van der Waals surface area (Å²) in [6.07, 6.45) is -1.38. The predicted octanol–water partition coefficient (Wildman–Crippen LogP) is -0.356. The second kappa shape index (κ2) is 9.95. The van der Waals surface area contributed by atoms with Crippen LogP contribution in [-0.4, -0.2) is 71.9 Å². The predicted molar refractivity (Wildman–Crippen MR) is 57.3 cm³/mol. The molecule has 0 aliphatic rings. The number of aliphatic hydroxyl groups is 1. The fourth-order valence-electron chi connectivity index (χ4n) is 1.23. The van der Waals surface area contributed by atoms with E-state index in [4.69, 9.17) is 23.7 Å². The van der Waals surface area contributed by atoms with Crippen molar-refractivity contribution in [2.45, 2.75) is 18.5 Å². The molecule has 0 fully saturated rings. The number of methoxy groups -OCH3 is 4. The first-order valence-electron chi connectivity index (χ1n) is 5.03. The lowest BCUT2D eigenvalue weighted by Crippen LogP contribution is -2.41. The Bertz CT molecular complexity index is 154. The van der Waals surface area contributed by atoms with E-state index in [1.54, 1.807) is 14.2 Å². The molecule has 0 aromatic heterocycles. The number of hydrogen-bond acceptors (Lipinski definition) is 6. The lowest BCUT2D eigenvalue weighted by atomic mass is 10.2. The summed E-state index contributed by atoms with van der Waals surface area (Å²) in [6, 6.07) is 0.